The first kappa shape index (κ1) is 16.0. The van der Waals surface area contributed by atoms with E-state index in [1.54, 1.807) is 24.4 Å². The average molecular weight is 395 g/mol. The number of rotatable bonds is 3. The van der Waals surface area contributed by atoms with Crippen LogP contribution in [0.5, 0.6) is 5.75 Å². The van der Waals surface area contributed by atoms with Crippen LogP contribution in [0.3, 0.4) is 0 Å². The van der Waals surface area contributed by atoms with Crippen molar-refractivity contribution < 1.29 is 8.62 Å². The van der Waals surface area contributed by atoms with Crippen molar-refractivity contribution in [2.45, 2.75) is 6.92 Å². The second kappa shape index (κ2) is 6.33. The molecule has 0 atom stereocenters. The van der Waals surface area contributed by atoms with Crippen molar-refractivity contribution >= 4 is 39.2 Å². The minimum absolute atomic E-state index is 0.0943. The first-order valence-corrected chi connectivity index (χ1v) is 8.18. The molecular formula is C16H12BrFN2O2S. The quantitative estimate of drug-likeness (QED) is 0.654. The Labute approximate surface area is 144 Å². The van der Waals surface area contributed by atoms with Crippen LogP contribution in [0.4, 0.5) is 3.89 Å². The van der Waals surface area contributed by atoms with Crippen LogP contribution in [-0.4, -0.2) is 16.1 Å². The van der Waals surface area contributed by atoms with Gasteiger partial charge in [-0.15, -0.1) is 3.89 Å². The summed E-state index contributed by atoms with van der Waals surface area (Å²) in [5.74, 6) is 0.0943. The van der Waals surface area contributed by atoms with Gasteiger partial charge >= 0.3 is 5.56 Å². The molecule has 0 fully saturated rings. The number of pyridine rings is 2. The van der Waals surface area contributed by atoms with E-state index in [-0.39, 0.29) is 18.1 Å². The molecule has 3 aromatic rings. The number of halogens is 2. The summed E-state index contributed by atoms with van der Waals surface area (Å²) in [6.07, 6.45) is 1.68. The van der Waals surface area contributed by atoms with Crippen molar-refractivity contribution in [2.75, 3.05) is 7.11 Å². The third-order valence-corrected chi connectivity index (χ3v) is 4.60. The molecule has 0 saturated carbocycles. The molecule has 0 saturated heterocycles. The Balaban J connectivity index is 2.57. The predicted octanol–water partition coefficient (Wildman–Crippen LogP) is 4.52. The molecule has 0 N–H and O–H groups in total. The highest BCUT2D eigenvalue weighted by Crippen LogP contribution is 2.37. The largest absolute Gasteiger partial charge is 0.491 e. The van der Waals surface area contributed by atoms with Crippen LogP contribution in [-0.2, 0) is 0 Å². The van der Waals surface area contributed by atoms with Gasteiger partial charge in [0.15, 0.2) is 18.1 Å². The van der Waals surface area contributed by atoms with Gasteiger partial charge in [-0.25, -0.2) is 3.97 Å². The minimum Gasteiger partial charge on any atom is -0.491 e. The number of nitrogens with zero attached hydrogens (tertiary/aromatic N) is 2. The summed E-state index contributed by atoms with van der Waals surface area (Å²) >= 11 is 3.29. The fourth-order valence-corrected chi connectivity index (χ4v) is 3.33. The highest BCUT2D eigenvalue weighted by molar-refractivity contribution is 9.10. The fraction of sp³-hybridized carbons (Fsp3) is 0.125. The van der Waals surface area contributed by atoms with Crippen LogP contribution < -0.4 is 10.3 Å². The van der Waals surface area contributed by atoms with Gasteiger partial charge in [0.05, 0.1) is 12.6 Å². The summed E-state index contributed by atoms with van der Waals surface area (Å²) < 4.78 is 20.5. The van der Waals surface area contributed by atoms with E-state index in [0.29, 0.717) is 16.5 Å². The maximum Gasteiger partial charge on any atom is 0.306 e. The van der Waals surface area contributed by atoms with Gasteiger partial charge < -0.3 is 4.74 Å². The van der Waals surface area contributed by atoms with Crippen molar-refractivity contribution in [2.24, 2.45) is 0 Å². The molecule has 1 aromatic carbocycles. The first-order chi connectivity index (χ1) is 11.1. The highest BCUT2D eigenvalue weighted by Gasteiger charge is 2.21. The number of aromatic nitrogens is 2. The number of hydrogen-bond acceptors (Lipinski definition) is 4. The molecule has 0 unspecified atom stereocenters. The van der Waals surface area contributed by atoms with Crippen molar-refractivity contribution in [3.8, 4) is 16.9 Å². The second-order valence-electron chi connectivity index (χ2n) is 4.87. The molecule has 2 aromatic heterocycles. The maximum absolute atomic E-state index is 13.3. The van der Waals surface area contributed by atoms with E-state index in [9.17, 15) is 8.68 Å². The monoisotopic (exact) mass is 394 g/mol. The molecule has 7 heteroatoms. The third-order valence-electron chi connectivity index (χ3n) is 3.60. The molecular weight excluding hydrogens is 383 g/mol. The lowest BCUT2D eigenvalue weighted by molar-refractivity contribution is 0.410. The summed E-state index contributed by atoms with van der Waals surface area (Å²) in [7, 11) is 1.41. The molecule has 0 aliphatic carbocycles. The summed E-state index contributed by atoms with van der Waals surface area (Å²) in [5, 5.41) is 0.706. The molecule has 0 spiro atoms. The lowest BCUT2D eigenvalue weighted by atomic mass is 9.99. The molecule has 118 valence electrons. The summed E-state index contributed by atoms with van der Waals surface area (Å²) in [6, 6.07) is 8.96. The van der Waals surface area contributed by atoms with Crippen molar-refractivity contribution in [3.63, 3.8) is 0 Å². The van der Waals surface area contributed by atoms with Gasteiger partial charge in [0.2, 0.25) is 0 Å². The average Bonchev–Trinajstić information content (AvgIpc) is 2.55. The topological polar surface area (TPSA) is 44.1 Å². The SMILES string of the molecule is COc1c(-c2cccnc2C)c2cc(Br)ccc2n(SF)c1=O. The first-order valence-electron chi connectivity index (χ1n) is 6.71. The molecule has 4 nitrogen and oxygen atoms in total. The fourth-order valence-electron chi connectivity index (χ4n) is 2.59. The highest BCUT2D eigenvalue weighted by atomic mass is 79.9. The Morgan fingerprint density at radius 3 is 2.78 bits per heavy atom. The van der Waals surface area contributed by atoms with Crippen LogP contribution >= 0.6 is 28.3 Å². The minimum atomic E-state index is -0.534. The smallest absolute Gasteiger partial charge is 0.306 e. The zero-order valence-corrected chi connectivity index (χ0v) is 14.7. The molecule has 0 aliphatic heterocycles. The van der Waals surface area contributed by atoms with E-state index in [2.05, 4.69) is 20.9 Å². The Kier molecular flexibility index (Phi) is 4.41. The molecule has 0 radical (unpaired) electrons. The van der Waals surface area contributed by atoms with Crippen LogP contribution in [0.25, 0.3) is 22.0 Å². The zero-order valence-electron chi connectivity index (χ0n) is 12.3. The van der Waals surface area contributed by atoms with Gasteiger partial charge in [-0.1, -0.05) is 22.0 Å². The molecule has 2 heterocycles. The number of benzene rings is 1. The molecule has 0 bridgehead atoms. The predicted molar refractivity (Wildman–Crippen MR) is 94.5 cm³/mol. The summed E-state index contributed by atoms with van der Waals surface area (Å²) in [4.78, 5) is 16.9. The van der Waals surface area contributed by atoms with Crippen molar-refractivity contribution in [1.82, 2.24) is 8.96 Å². The molecule has 0 aliphatic rings. The number of fused-ring (bicyclic) bond motifs is 1. The Morgan fingerprint density at radius 2 is 2.13 bits per heavy atom. The zero-order chi connectivity index (χ0) is 16.6. The maximum atomic E-state index is 13.3. The van der Waals surface area contributed by atoms with Crippen molar-refractivity contribution in [3.05, 3.63) is 57.0 Å². The number of ether oxygens (including phenoxy) is 1. The lowest BCUT2D eigenvalue weighted by Gasteiger charge is -2.16. The summed E-state index contributed by atoms with van der Waals surface area (Å²) in [5.41, 5.74) is 2.10. The number of methoxy groups -OCH3 is 1. The second-order valence-corrected chi connectivity index (χ2v) is 6.29. The van der Waals surface area contributed by atoms with E-state index in [1.807, 2.05) is 19.1 Å². The number of aryl methyl sites for hydroxylation is 1. The molecule has 3 rings (SSSR count). The van der Waals surface area contributed by atoms with Crippen molar-refractivity contribution in [1.29, 1.82) is 0 Å². The van der Waals surface area contributed by atoms with Gasteiger partial charge in [-0.2, -0.15) is 0 Å². The van der Waals surface area contributed by atoms with E-state index in [1.165, 1.54) is 7.11 Å². The van der Waals surface area contributed by atoms with Crippen LogP contribution in [0, 0.1) is 6.92 Å². The van der Waals surface area contributed by atoms with Crippen LogP contribution in [0.15, 0.2) is 45.8 Å². The Morgan fingerprint density at radius 1 is 1.35 bits per heavy atom. The molecule has 0 amide bonds. The number of hydrogen-bond donors (Lipinski definition) is 0. The van der Waals surface area contributed by atoms with Gasteiger partial charge in [0.1, 0.15) is 0 Å². The van der Waals surface area contributed by atoms with Gasteiger partial charge in [-0.05, 0) is 31.2 Å². The van der Waals surface area contributed by atoms with Gasteiger partial charge in [0.25, 0.3) is 0 Å². The lowest BCUT2D eigenvalue weighted by Crippen LogP contribution is -2.18. The van der Waals surface area contributed by atoms with E-state index < -0.39 is 5.56 Å². The van der Waals surface area contributed by atoms with Gasteiger partial charge in [-0.3, -0.25) is 9.78 Å². The van der Waals surface area contributed by atoms with E-state index >= 15 is 0 Å². The molecule has 23 heavy (non-hydrogen) atoms. The Bertz CT molecular complexity index is 959. The standard InChI is InChI=1S/C16H12BrFN2O2S/c1-9-11(4-3-7-19-9)14-12-8-10(17)5-6-13(12)20(23-18)16(21)15(14)22-2/h3-8H,1-2H3. The third kappa shape index (κ3) is 2.64. The van der Waals surface area contributed by atoms with Crippen LogP contribution in [0.2, 0.25) is 0 Å². The van der Waals surface area contributed by atoms with E-state index in [4.69, 9.17) is 4.74 Å². The van der Waals surface area contributed by atoms with E-state index in [0.717, 1.165) is 19.7 Å². The van der Waals surface area contributed by atoms with Crippen LogP contribution in [0.1, 0.15) is 5.69 Å². The van der Waals surface area contributed by atoms with Gasteiger partial charge in [0, 0.05) is 32.9 Å². The normalized spacial score (nSPS) is 11.0. The Hall–Kier alpha value is -1.86. The summed E-state index contributed by atoms with van der Waals surface area (Å²) in [6.45, 7) is 1.86.